The maximum atomic E-state index is 4.83. The molecule has 3 aromatic rings. The molecule has 112 valence electrons. The van der Waals surface area contributed by atoms with E-state index >= 15 is 0 Å². The quantitative estimate of drug-likeness (QED) is 0.573. The van der Waals surface area contributed by atoms with Gasteiger partial charge in [-0.15, -0.1) is 0 Å². The van der Waals surface area contributed by atoms with Gasteiger partial charge < -0.3 is 0 Å². The highest BCUT2D eigenvalue weighted by atomic mass is 14.7. The zero-order valence-corrected chi connectivity index (χ0v) is 13.9. The Morgan fingerprint density at radius 1 is 0.955 bits per heavy atom. The Kier molecular flexibility index (Phi) is 3.98. The number of nitrogens with zero attached hydrogens (tertiary/aromatic N) is 1. The number of fused-ring (bicyclic) bond motifs is 1. The normalized spacial score (nSPS) is 12.5. The lowest BCUT2D eigenvalue weighted by Crippen LogP contribution is -1.97. The van der Waals surface area contributed by atoms with E-state index in [1.807, 2.05) is 0 Å². The molecular formula is C21H23N. The molecule has 0 fully saturated rings. The van der Waals surface area contributed by atoms with Crippen molar-refractivity contribution in [2.45, 2.75) is 40.0 Å². The van der Waals surface area contributed by atoms with E-state index in [0.29, 0.717) is 5.92 Å². The van der Waals surface area contributed by atoms with Crippen LogP contribution in [0.1, 0.15) is 42.9 Å². The van der Waals surface area contributed by atoms with Gasteiger partial charge in [0.2, 0.25) is 0 Å². The molecule has 1 heteroatoms. The predicted octanol–water partition coefficient (Wildman–Crippen LogP) is 6.03. The van der Waals surface area contributed by atoms with Crippen molar-refractivity contribution >= 4 is 10.8 Å². The Bertz CT molecular complexity index is 797. The molecule has 0 saturated heterocycles. The van der Waals surface area contributed by atoms with Gasteiger partial charge in [0.25, 0.3) is 0 Å². The lowest BCUT2D eigenvalue weighted by atomic mass is 9.92. The molecule has 0 N–H and O–H groups in total. The average molecular weight is 289 g/mol. The topological polar surface area (TPSA) is 12.9 Å². The third kappa shape index (κ3) is 2.64. The van der Waals surface area contributed by atoms with Crippen LogP contribution < -0.4 is 0 Å². The molecule has 1 heterocycles. The maximum absolute atomic E-state index is 4.83. The van der Waals surface area contributed by atoms with Crippen LogP contribution in [0.2, 0.25) is 0 Å². The van der Waals surface area contributed by atoms with Crippen LogP contribution in [-0.4, -0.2) is 4.98 Å². The summed E-state index contributed by atoms with van der Waals surface area (Å²) in [6, 6.07) is 15.3. The van der Waals surface area contributed by atoms with Gasteiger partial charge >= 0.3 is 0 Å². The molecule has 0 aliphatic heterocycles. The van der Waals surface area contributed by atoms with Crippen LogP contribution in [0.25, 0.3) is 22.0 Å². The van der Waals surface area contributed by atoms with E-state index in [1.165, 1.54) is 33.0 Å². The number of aromatic nitrogens is 1. The fourth-order valence-electron chi connectivity index (χ4n) is 3.17. The first-order valence-electron chi connectivity index (χ1n) is 8.06. The number of hydrogen-bond acceptors (Lipinski definition) is 1. The van der Waals surface area contributed by atoms with Gasteiger partial charge in [0, 0.05) is 17.1 Å². The minimum atomic E-state index is 0.533. The monoisotopic (exact) mass is 289 g/mol. The van der Waals surface area contributed by atoms with Crippen LogP contribution in [0, 0.1) is 13.8 Å². The van der Waals surface area contributed by atoms with E-state index in [2.05, 4.69) is 76.4 Å². The number of aryl methyl sites for hydroxylation is 2. The van der Waals surface area contributed by atoms with Crippen LogP contribution in [0.15, 0.2) is 48.7 Å². The largest absolute Gasteiger partial charge is 0.255 e. The summed E-state index contributed by atoms with van der Waals surface area (Å²) in [5.41, 5.74) is 6.23. The molecule has 1 unspecified atom stereocenters. The number of benzene rings is 2. The highest BCUT2D eigenvalue weighted by Crippen LogP contribution is 2.33. The van der Waals surface area contributed by atoms with E-state index in [9.17, 15) is 0 Å². The summed E-state index contributed by atoms with van der Waals surface area (Å²) in [4.78, 5) is 4.83. The van der Waals surface area contributed by atoms with Gasteiger partial charge in [-0.05, 0) is 49.3 Å². The van der Waals surface area contributed by atoms with Gasteiger partial charge in [-0.1, -0.05) is 55.3 Å². The summed E-state index contributed by atoms with van der Waals surface area (Å²) >= 11 is 0. The molecule has 0 aliphatic carbocycles. The minimum absolute atomic E-state index is 0.533. The number of rotatable bonds is 3. The molecule has 1 atom stereocenters. The smallest absolute Gasteiger partial charge is 0.0780 e. The molecule has 3 rings (SSSR count). The third-order valence-electron chi connectivity index (χ3n) is 4.46. The van der Waals surface area contributed by atoms with Crippen molar-refractivity contribution in [1.82, 2.24) is 4.98 Å². The summed E-state index contributed by atoms with van der Waals surface area (Å²) in [5.74, 6) is 0.533. The first kappa shape index (κ1) is 14.8. The van der Waals surface area contributed by atoms with E-state index in [0.717, 1.165) is 12.1 Å². The molecule has 1 nitrogen and oxygen atoms in total. The van der Waals surface area contributed by atoms with Crippen LogP contribution in [0.4, 0.5) is 0 Å². The maximum Gasteiger partial charge on any atom is 0.0780 e. The van der Waals surface area contributed by atoms with Crippen LogP contribution in [-0.2, 0) is 0 Å². The molecule has 0 amide bonds. The van der Waals surface area contributed by atoms with Crippen molar-refractivity contribution < 1.29 is 0 Å². The molecular weight excluding hydrogens is 266 g/mol. The van der Waals surface area contributed by atoms with E-state index in [1.54, 1.807) is 0 Å². The summed E-state index contributed by atoms with van der Waals surface area (Å²) < 4.78 is 0. The Labute approximate surface area is 133 Å². The second-order valence-electron chi connectivity index (χ2n) is 6.29. The van der Waals surface area contributed by atoms with Gasteiger partial charge in [0.1, 0.15) is 0 Å². The lowest BCUT2D eigenvalue weighted by Gasteiger charge is -2.15. The Balaban J connectivity index is 2.28. The number of hydrogen-bond donors (Lipinski definition) is 0. The fraction of sp³-hybridized carbons (Fsp3) is 0.286. The fourth-order valence-corrected chi connectivity index (χ4v) is 3.17. The standard InChI is InChI=1S/C21H23N/c1-5-16(4)20-13-22-21(19-9-7-6-8-18(19)20)17-11-14(2)10-15(3)12-17/h6-13,16H,5H2,1-4H3. The lowest BCUT2D eigenvalue weighted by molar-refractivity contribution is 0.736. The first-order valence-corrected chi connectivity index (χ1v) is 8.06. The van der Waals surface area contributed by atoms with Crippen LogP contribution in [0.5, 0.6) is 0 Å². The minimum Gasteiger partial charge on any atom is -0.255 e. The summed E-state index contributed by atoms with van der Waals surface area (Å²) in [6.45, 7) is 8.80. The second kappa shape index (κ2) is 5.92. The molecule has 0 bridgehead atoms. The molecule has 0 radical (unpaired) electrons. The van der Waals surface area contributed by atoms with E-state index in [-0.39, 0.29) is 0 Å². The van der Waals surface area contributed by atoms with Gasteiger partial charge in [-0.25, -0.2) is 0 Å². The Morgan fingerprint density at radius 2 is 1.59 bits per heavy atom. The van der Waals surface area contributed by atoms with Crippen molar-refractivity contribution in [2.75, 3.05) is 0 Å². The molecule has 1 aromatic heterocycles. The Morgan fingerprint density at radius 3 is 2.23 bits per heavy atom. The van der Waals surface area contributed by atoms with Crippen LogP contribution in [0.3, 0.4) is 0 Å². The Hall–Kier alpha value is -2.15. The summed E-state index contributed by atoms with van der Waals surface area (Å²) in [7, 11) is 0. The average Bonchev–Trinajstić information content (AvgIpc) is 2.52. The van der Waals surface area contributed by atoms with Crippen molar-refractivity contribution in [2.24, 2.45) is 0 Å². The van der Waals surface area contributed by atoms with Crippen molar-refractivity contribution in [1.29, 1.82) is 0 Å². The molecule has 0 spiro atoms. The molecule has 2 aromatic carbocycles. The molecule has 22 heavy (non-hydrogen) atoms. The number of pyridine rings is 1. The van der Waals surface area contributed by atoms with Crippen LogP contribution >= 0.6 is 0 Å². The summed E-state index contributed by atoms with van der Waals surface area (Å²) in [5, 5.41) is 2.59. The first-order chi connectivity index (χ1) is 10.6. The zero-order valence-electron chi connectivity index (χ0n) is 13.9. The third-order valence-corrected chi connectivity index (χ3v) is 4.46. The molecule has 0 saturated carbocycles. The van der Waals surface area contributed by atoms with Crippen molar-refractivity contribution in [3.63, 3.8) is 0 Å². The van der Waals surface area contributed by atoms with Gasteiger partial charge in [0.15, 0.2) is 0 Å². The van der Waals surface area contributed by atoms with Crippen molar-refractivity contribution in [3.05, 3.63) is 65.4 Å². The molecule has 0 aliphatic rings. The van der Waals surface area contributed by atoms with Crippen molar-refractivity contribution in [3.8, 4) is 11.3 Å². The van der Waals surface area contributed by atoms with E-state index in [4.69, 9.17) is 4.98 Å². The second-order valence-corrected chi connectivity index (χ2v) is 6.29. The SMILES string of the molecule is CCC(C)c1cnc(-c2cc(C)cc(C)c2)c2ccccc12. The summed E-state index contributed by atoms with van der Waals surface area (Å²) in [6.07, 6.45) is 3.21. The van der Waals surface area contributed by atoms with Gasteiger partial charge in [-0.2, -0.15) is 0 Å². The zero-order chi connectivity index (χ0) is 15.7. The predicted molar refractivity (Wildman–Crippen MR) is 95.4 cm³/mol. The van der Waals surface area contributed by atoms with Gasteiger partial charge in [-0.3, -0.25) is 4.98 Å². The van der Waals surface area contributed by atoms with Gasteiger partial charge in [0.05, 0.1) is 5.69 Å². The van der Waals surface area contributed by atoms with E-state index < -0.39 is 0 Å². The highest BCUT2D eigenvalue weighted by Gasteiger charge is 2.13. The highest BCUT2D eigenvalue weighted by molar-refractivity contribution is 5.96.